The van der Waals surface area contributed by atoms with Crippen LogP contribution in [0.2, 0.25) is 5.02 Å². The second-order valence-corrected chi connectivity index (χ2v) is 11.8. The van der Waals surface area contributed by atoms with Crippen LogP contribution in [0.4, 0.5) is 13.2 Å². The van der Waals surface area contributed by atoms with Crippen molar-refractivity contribution < 1.29 is 26.3 Å². The highest BCUT2D eigenvalue weighted by molar-refractivity contribution is 7.93. The third-order valence-electron chi connectivity index (χ3n) is 5.85. The SMILES string of the molecule is CC1(c2sc(-c3cccc(C(F)(F)F)c3)cc2Cl)CS(=O)(=O)C2(CCOCC2)C(N)=N1. The molecule has 1 aromatic heterocycles. The maximum Gasteiger partial charge on any atom is 0.416 e. The standard InChI is InChI=1S/C20H20ClF3N2O3S2/c1-18(11-31(27,28)19(17(25)26-18)5-7-29-8-6-19)16-14(21)10-15(30-16)12-3-2-4-13(9-12)20(22,23)24/h2-4,9-10H,5-8,11H2,1H3,(H2,25,26). The van der Waals surface area contributed by atoms with Crippen LogP contribution < -0.4 is 5.73 Å². The van der Waals surface area contributed by atoms with E-state index in [9.17, 15) is 21.6 Å². The van der Waals surface area contributed by atoms with Gasteiger partial charge < -0.3 is 10.5 Å². The van der Waals surface area contributed by atoms with Gasteiger partial charge in [-0.15, -0.1) is 11.3 Å². The van der Waals surface area contributed by atoms with Crippen LogP contribution in [0, 0.1) is 0 Å². The van der Waals surface area contributed by atoms with Gasteiger partial charge in [0.05, 0.1) is 21.2 Å². The molecule has 1 unspecified atom stereocenters. The number of nitrogens with two attached hydrogens (primary N) is 1. The first-order chi connectivity index (χ1) is 14.4. The fraction of sp³-hybridized carbons (Fsp3) is 0.450. The Kier molecular flexibility index (Phi) is 5.44. The van der Waals surface area contributed by atoms with E-state index < -0.39 is 31.9 Å². The van der Waals surface area contributed by atoms with Crippen LogP contribution in [-0.2, 0) is 26.3 Å². The minimum absolute atomic E-state index is 0.0367. The maximum atomic E-state index is 13.3. The summed E-state index contributed by atoms with van der Waals surface area (Å²) >= 11 is 7.55. The number of benzene rings is 1. The molecule has 1 atom stereocenters. The summed E-state index contributed by atoms with van der Waals surface area (Å²) < 4.78 is 70.0. The summed E-state index contributed by atoms with van der Waals surface area (Å²) in [5.41, 5.74) is 4.56. The van der Waals surface area contributed by atoms with Crippen molar-refractivity contribution in [3.05, 3.63) is 45.8 Å². The number of hydrogen-bond donors (Lipinski definition) is 1. The minimum Gasteiger partial charge on any atom is -0.386 e. The molecule has 1 aromatic carbocycles. The van der Waals surface area contributed by atoms with E-state index in [0.717, 1.165) is 23.5 Å². The summed E-state index contributed by atoms with van der Waals surface area (Å²) in [6.07, 6.45) is -3.98. The highest BCUT2D eigenvalue weighted by Gasteiger charge is 2.55. The van der Waals surface area contributed by atoms with Gasteiger partial charge in [0.2, 0.25) is 0 Å². The Hall–Kier alpha value is -1.62. The van der Waals surface area contributed by atoms with Crippen molar-refractivity contribution in [1.82, 2.24) is 0 Å². The van der Waals surface area contributed by atoms with E-state index in [-0.39, 0.29) is 42.7 Å². The van der Waals surface area contributed by atoms with Crippen LogP contribution in [0.3, 0.4) is 0 Å². The predicted octanol–water partition coefficient (Wildman–Crippen LogP) is 4.64. The Balaban J connectivity index is 1.77. The molecule has 31 heavy (non-hydrogen) atoms. The first-order valence-electron chi connectivity index (χ1n) is 9.51. The van der Waals surface area contributed by atoms with Gasteiger partial charge >= 0.3 is 6.18 Å². The number of rotatable bonds is 2. The number of amidine groups is 1. The van der Waals surface area contributed by atoms with Crippen LogP contribution in [-0.4, -0.2) is 38.0 Å². The number of sulfone groups is 1. The van der Waals surface area contributed by atoms with Gasteiger partial charge in [-0.25, -0.2) is 8.42 Å². The Morgan fingerprint density at radius 1 is 1.23 bits per heavy atom. The molecule has 0 radical (unpaired) electrons. The highest BCUT2D eigenvalue weighted by Crippen LogP contribution is 2.47. The van der Waals surface area contributed by atoms with E-state index in [1.54, 1.807) is 19.1 Å². The van der Waals surface area contributed by atoms with Crippen molar-refractivity contribution in [1.29, 1.82) is 0 Å². The molecule has 0 amide bonds. The largest absolute Gasteiger partial charge is 0.416 e. The van der Waals surface area contributed by atoms with Crippen LogP contribution in [0.5, 0.6) is 0 Å². The maximum absolute atomic E-state index is 13.3. The molecule has 3 heterocycles. The number of alkyl halides is 3. The van der Waals surface area contributed by atoms with Crippen LogP contribution in [0.1, 0.15) is 30.2 Å². The van der Waals surface area contributed by atoms with E-state index in [4.69, 9.17) is 22.1 Å². The van der Waals surface area contributed by atoms with E-state index in [1.807, 2.05) is 0 Å². The number of nitrogens with zero attached hydrogens (tertiary/aromatic N) is 1. The zero-order chi connectivity index (χ0) is 22.7. The molecule has 2 aliphatic heterocycles. The Labute approximate surface area is 187 Å². The summed E-state index contributed by atoms with van der Waals surface area (Å²) in [6, 6.07) is 6.45. The van der Waals surface area contributed by atoms with Gasteiger partial charge in [0.1, 0.15) is 16.1 Å². The summed E-state index contributed by atoms with van der Waals surface area (Å²) in [5.74, 6) is -0.252. The summed E-state index contributed by atoms with van der Waals surface area (Å²) in [6.45, 7) is 2.20. The van der Waals surface area contributed by atoms with Crippen molar-refractivity contribution >= 4 is 38.6 Å². The second kappa shape index (κ2) is 7.47. The van der Waals surface area contributed by atoms with E-state index in [1.165, 1.54) is 6.07 Å². The van der Waals surface area contributed by atoms with Crippen molar-refractivity contribution in [3.8, 4) is 10.4 Å². The smallest absolute Gasteiger partial charge is 0.386 e. The van der Waals surface area contributed by atoms with Crippen LogP contribution in [0.15, 0.2) is 35.3 Å². The van der Waals surface area contributed by atoms with Crippen molar-refractivity contribution in [2.45, 2.75) is 36.2 Å². The van der Waals surface area contributed by atoms with E-state index >= 15 is 0 Å². The lowest BCUT2D eigenvalue weighted by molar-refractivity contribution is -0.137. The van der Waals surface area contributed by atoms with E-state index in [2.05, 4.69) is 4.99 Å². The van der Waals surface area contributed by atoms with Crippen LogP contribution in [0.25, 0.3) is 10.4 Å². The summed E-state index contributed by atoms with van der Waals surface area (Å²) in [4.78, 5) is 5.53. The minimum atomic E-state index is -4.47. The molecule has 0 bridgehead atoms. The second-order valence-electron chi connectivity index (χ2n) is 8.00. The number of hydrogen-bond acceptors (Lipinski definition) is 6. The first kappa shape index (κ1) is 22.6. The molecule has 2 aliphatic rings. The van der Waals surface area contributed by atoms with Gasteiger partial charge in [0.15, 0.2) is 9.84 Å². The van der Waals surface area contributed by atoms with Crippen molar-refractivity contribution in [2.24, 2.45) is 10.7 Å². The number of halogens is 4. The Bertz CT molecular complexity index is 1150. The molecule has 2 aromatic rings. The van der Waals surface area contributed by atoms with E-state index in [0.29, 0.717) is 15.3 Å². The third-order valence-corrected chi connectivity index (χ3v) is 10.4. The quantitative estimate of drug-likeness (QED) is 0.662. The number of thiophene rings is 1. The zero-order valence-corrected chi connectivity index (χ0v) is 18.9. The fourth-order valence-electron chi connectivity index (χ4n) is 4.18. The van der Waals surface area contributed by atoms with Crippen LogP contribution >= 0.6 is 22.9 Å². The average molecular weight is 493 g/mol. The summed E-state index contributed by atoms with van der Waals surface area (Å²) in [7, 11) is -3.69. The van der Waals surface area contributed by atoms with Crippen molar-refractivity contribution in [3.63, 3.8) is 0 Å². The molecule has 4 rings (SSSR count). The van der Waals surface area contributed by atoms with Gasteiger partial charge in [-0.05, 0) is 43.5 Å². The van der Waals surface area contributed by atoms with Crippen molar-refractivity contribution in [2.75, 3.05) is 19.0 Å². The molecule has 2 N–H and O–H groups in total. The molecule has 1 fully saturated rings. The first-order valence-corrected chi connectivity index (χ1v) is 12.4. The molecular formula is C20H20ClF3N2O3S2. The highest BCUT2D eigenvalue weighted by atomic mass is 35.5. The number of aliphatic imine (C=N–C) groups is 1. The van der Waals surface area contributed by atoms with Gasteiger partial charge in [-0.1, -0.05) is 23.7 Å². The Morgan fingerprint density at radius 2 is 1.90 bits per heavy atom. The predicted molar refractivity (Wildman–Crippen MR) is 115 cm³/mol. The topological polar surface area (TPSA) is 81.8 Å². The third kappa shape index (κ3) is 3.77. The zero-order valence-electron chi connectivity index (χ0n) is 16.5. The lowest BCUT2D eigenvalue weighted by atomic mass is 9.95. The molecule has 168 valence electrons. The van der Waals surface area contributed by atoms with Gasteiger partial charge in [-0.3, -0.25) is 4.99 Å². The molecule has 5 nitrogen and oxygen atoms in total. The molecule has 1 saturated heterocycles. The lowest BCUT2D eigenvalue weighted by Gasteiger charge is -2.43. The molecule has 0 aliphatic carbocycles. The number of ether oxygens (including phenoxy) is 1. The normalized spacial score (nSPS) is 25.4. The van der Waals surface area contributed by atoms with Gasteiger partial charge in [0, 0.05) is 18.1 Å². The Morgan fingerprint density at radius 3 is 2.52 bits per heavy atom. The fourth-order valence-corrected chi connectivity index (χ4v) is 8.28. The molecule has 0 saturated carbocycles. The molecule has 1 spiro atoms. The monoisotopic (exact) mass is 492 g/mol. The summed E-state index contributed by atoms with van der Waals surface area (Å²) in [5, 5.41) is 0.245. The van der Waals surface area contributed by atoms with Gasteiger partial charge in [0.25, 0.3) is 0 Å². The lowest BCUT2D eigenvalue weighted by Crippen LogP contribution is -2.60. The molecular weight excluding hydrogens is 473 g/mol. The van der Waals surface area contributed by atoms with Gasteiger partial charge in [-0.2, -0.15) is 13.2 Å². The molecule has 11 heteroatoms. The average Bonchev–Trinajstić information content (AvgIpc) is 3.09.